The number of sulfone groups is 1. The molecule has 2 amide bonds. The molecule has 10 nitrogen and oxygen atoms in total. The number of carbonyl (C=O) groups is 2. The summed E-state index contributed by atoms with van der Waals surface area (Å²) in [6.45, 7) is 12.7. The van der Waals surface area contributed by atoms with E-state index in [9.17, 15) is 23.1 Å². The molecule has 0 radical (unpaired) electrons. The lowest BCUT2D eigenvalue weighted by Crippen LogP contribution is -2.61. The predicted octanol–water partition coefficient (Wildman–Crippen LogP) is 6.04. The Morgan fingerprint density at radius 3 is 2.21 bits per heavy atom. The number of hydrogen-bond acceptors (Lipinski definition) is 7. The molecule has 2 aromatic carbocycles. The van der Waals surface area contributed by atoms with Crippen LogP contribution in [0.25, 0.3) is 0 Å². The number of carboxylic acid groups (broad SMARTS) is 1. The van der Waals surface area contributed by atoms with E-state index in [1.165, 1.54) is 19.2 Å². The minimum absolute atomic E-state index is 0.0270. The van der Waals surface area contributed by atoms with Gasteiger partial charge in [0.25, 0.3) is 0 Å². The van der Waals surface area contributed by atoms with Crippen LogP contribution in [0.3, 0.4) is 0 Å². The number of rotatable bonds is 9. The van der Waals surface area contributed by atoms with E-state index in [1.807, 2.05) is 58.1 Å². The third-order valence-corrected chi connectivity index (χ3v) is 10.7. The van der Waals surface area contributed by atoms with Gasteiger partial charge >= 0.3 is 12.0 Å². The van der Waals surface area contributed by atoms with Gasteiger partial charge < -0.3 is 14.7 Å². The molecule has 2 aliphatic heterocycles. The fourth-order valence-corrected chi connectivity index (χ4v) is 7.60. The summed E-state index contributed by atoms with van der Waals surface area (Å²) >= 11 is 12.8. The minimum atomic E-state index is -3.80. The van der Waals surface area contributed by atoms with Crippen LogP contribution in [0.1, 0.15) is 38.8 Å². The molecular formula is C34H40Cl2N4O6S. The van der Waals surface area contributed by atoms with Gasteiger partial charge in [-0.1, -0.05) is 65.7 Å². The molecule has 2 unspecified atom stereocenters. The number of ether oxygens (including phenoxy) is 1. The van der Waals surface area contributed by atoms with Crippen molar-refractivity contribution in [3.05, 3.63) is 93.5 Å². The van der Waals surface area contributed by atoms with Crippen molar-refractivity contribution in [1.82, 2.24) is 14.7 Å². The van der Waals surface area contributed by atoms with Gasteiger partial charge in [-0.05, 0) is 57.0 Å². The normalized spacial score (nSPS) is 22.5. The second kappa shape index (κ2) is 13.8. The summed E-state index contributed by atoms with van der Waals surface area (Å²) in [7, 11) is -2.36. The van der Waals surface area contributed by atoms with Crippen LogP contribution in [0, 0.1) is 0 Å². The Morgan fingerprint density at radius 1 is 1.09 bits per heavy atom. The summed E-state index contributed by atoms with van der Waals surface area (Å²) in [4.78, 5) is 36.5. The molecule has 0 aromatic heterocycles. The highest BCUT2D eigenvalue weighted by Crippen LogP contribution is 2.52. The molecule has 252 valence electrons. The molecule has 4 rings (SSSR count). The second-order valence-corrected chi connectivity index (χ2v) is 14.9. The minimum Gasteiger partial charge on any atom is -0.496 e. The molecular weight excluding hydrogens is 663 g/mol. The molecule has 13 heteroatoms. The SMILES string of the molecule is C=C(C)C=CC(=CC)C1(C)N=C(c2cc(S(C)(=O)=O)c(Cl)cc2OC)N(C(=O)N2CCN(CC(=O)O)CC2)C1(C)c1ccc(Cl)cc1. The van der Waals surface area contributed by atoms with Gasteiger partial charge in [0.05, 0.1) is 29.1 Å². The van der Waals surface area contributed by atoms with Gasteiger partial charge in [0.2, 0.25) is 0 Å². The molecule has 0 spiro atoms. The van der Waals surface area contributed by atoms with Crippen LogP contribution < -0.4 is 4.74 Å². The summed E-state index contributed by atoms with van der Waals surface area (Å²) in [5.41, 5.74) is 0.215. The van der Waals surface area contributed by atoms with Gasteiger partial charge in [-0.2, -0.15) is 0 Å². The van der Waals surface area contributed by atoms with E-state index in [4.69, 9.17) is 32.9 Å². The summed E-state index contributed by atoms with van der Waals surface area (Å²) in [6.07, 6.45) is 6.77. The maximum Gasteiger partial charge on any atom is 0.326 e. The van der Waals surface area contributed by atoms with Crippen LogP contribution in [-0.2, 0) is 20.2 Å². The highest BCUT2D eigenvalue weighted by atomic mass is 35.5. The summed E-state index contributed by atoms with van der Waals surface area (Å²) in [5.74, 6) is -0.528. The first-order valence-electron chi connectivity index (χ1n) is 15.0. The topological polar surface area (TPSA) is 120 Å². The molecule has 2 aliphatic rings. The standard InChI is InChI=1S/C34H40Cl2N4O6S/c1-8-23(10-9-22(2)3)33(4)34(5,24-11-13-25(35)14-12-24)40(32(43)39-17-15-38(16-18-39)21-30(41)42)31(37-33)26-19-29(47(7,44)45)27(36)20-28(26)46-6/h8-14,19-20H,2,15-18,21H2,1,3-7H3,(H,41,42). The smallest absolute Gasteiger partial charge is 0.326 e. The fraction of sp³-hybridized carbons (Fsp3) is 0.382. The third-order valence-electron chi connectivity index (χ3n) is 8.85. The van der Waals surface area contributed by atoms with Crippen LogP contribution in [0.5, 0.6) is 5.75 Å². The third kappa shape index (κ3) is 6.99. The van der Waals surface area contributed by atoms with Gasteiger partial charge in [-0.3, -0.25) is 19.6 Å². The Kier molecular flexibility index (Phi) is 10.7. The number of methoxy groups -OCH3 is 1. The molecule has 0 aliphatic carbocycles. The Labute approximate surface area is 286 Å². The lowest BCUT2D eigenvalue weighted by Gasteiger charge is -2.47. The molecule has 1 fully saturated rings. The van der Waals surface area contributed by atoms with Crippen LogP contribution >= 0.6 is 23.2 Å². The molecule has 2 atom stereocenters. The lowest BCUT2D eigenvalue weighted by molar-refractivity contribution is -0.138. The average Bonchev–Trinajstić information content (AvgIpc) is 3.24. The number of carbonyl (C=O) groups excluding carboxylic acids is 1. The van der Waals surface area contributed by atoms with Crippen molar-refractivity contribution in [3.63, 3.8) is 0 Å². The van der Waals surface area contributed by atoms with Crippen molar-refractivity contribution in [1.29, 1.82) is 0 Å². The van der Waals surface area contributed by atoms with Crippen LogP contribution in [-0.4, -0.2) is 97.7 Å². The van der Waals surface area contributed by atoms with Gasteiger partial charge in [-0.15, -0.1) is 0 Å². The number of allylic oxidation sites excluding steroid dienone is 3. The van der Waals surface area contributed by atoms with E-state index in [-0.39, 0.29) is 46.7 Å². The zero-order valence-corrected chi connectivity index (χ0v) is 29.7. The quantitative estimate of drug-likeness (QED) is 0.316. The molecule has 0 saturated carbocycles. The van der Waals surface area contributed by atoms with Gasteiger partial charge in [-0.25, -0.2) is 13.2 Å². The molecule has 47 heavy (non-hydrogen) atoms. The van der Waals surface area contributed by atoms with Gasteiger partial charge in [0, 0.05) is 43.5 Å². The van der Waals surface area contributed by atoms with E-state index in [0.717, 1.165) is 23.0 Å². The first-order chi connectivity index (χ1) is 22.0. The number of halogens is 2. The summed E-state index contributed by atoms with van der Waals surface area (Å²) in [6, 6.07) is 9.61. The van der Waals surface area contributed by atoms with Crippen LogP contribution in [0.4, 0.5) is 4.79 Å². The Bertz CT molecular complexity index is 1780. The largest absolute Gasteiger partial charge is 0.496 e. The van der Waals surface area contributed by atoms with Crippen molar-refractivity contribution in [2.45, 2.75) is 43.7 Å². The Hall–Kier alpha value is -3.64. The van der Waals surface area contributed by atoms with Crippen LogP contribution in [0.2, 0.25) is 10.0 Å². The predicted molar refractivity (Wildman–Crippen MR) is 185 cm³/mol. The second-order valence-electron chi connectivity index (χ2n) is 12.0. The van der Waals surface area contributed by atoms with Crippen molar-refractivity contribution in [3.8, 4) is 5.75 Å². The van der Waals surface area contributed by atoms with E-state index in [2.05, 4.69) is 6.58 Å². The number of aliphatic carboxylic acids is 1. The molecule has 2 heterocycles. The van der Waals surface area contributed by atoms with Crippen molar-refractivity contribution in [2.24, 2.45) is 4.99 Å². The molecule has 1 N–H and O–H groups in total. The first kappa shape index (κ1) is 36.2. The number of benzene rings is 2. The molecule has 1 saturated heterocycles. The van der Waals surface area contributed by atoms with E-state index in [1.54, 1.807) is 26.8 Å². The summed E-state index contributed by atoms with van der Waals surface area (Å²) < 4.78 is 31.4. The van der Waals surface area contributed by atoms with E-state index in [0.29, 0.717) is 18.1 Å². The highest BCUT2D eigenvalue weighted by molar-refractivity contribution is 7.90. The number of amidine groups is 1. The zero-order chi connectivity index (χ0) is 34.9. The number of urea groups is 1. The summed E-state index contributed by atoms with van der Waals surface area (Å²) in [5, 5.41) is 9.80. The highest BCUT2D eigenvalue weighted by Gasteiger charge is 2.60. The first-order valence-corrected chi connectivity index (χ1v) is 17.6. The van der Waals surface area contributed by atoms with Crippen molar-refractivity contribution >= 4 is 50.9 Å². The maximum absolute atomic E-state index is 15.0. The maximum atomic E-state index is 15.0. The van der Waals surface area contributed by atoms with Crippen LogP contribution in [0.15, 0.2) is 82.2 Å². The number of aliphatic imine (C=N–C) groups is 1. The average molecular weight is 704 g/mol. The lowest BCUT2D eigenvalue weighted by atomic mass is 9.70. The molecule has 2 aromatic rings. The number of hydrogen-bond donors (Lipinski definition) is 1. The van der Waals surface area contributed by atoms with Gasteiger partial charge in [0.1, 0.15) is 22.7 Å². The van der Waals surface area contributed by atoms with E-state index >= 15 is 0 Å². The zero-order valence-electron chi connectivity index (χ0n) is 27.4. The number of piperazine rings is 1. The fourth-order valence-electron chi connectivity index (χ4n) is 6.16. The van der Waals surface area contributed by atoms with Gasteiger partial charge in [0.15, 0.2) is 9.84 Å². The monoisotopic (exact) mass is 702 g/mol. The molecule has 0 bridgehead atoms. The number of nitrogens with zero attached hydrogens (tertiary/aromatic N) is 4. The Morgan fingerprint density at radius 2 is 1.70 bits per heavy atom. The van der Waals surface area contributed by atoms with Crippen molar-refractivity contribution < 1.29 is 27.9 Å². The van der Waals surface area contributed by atoms with E-state index < -0.39 is 32.9 Å². The number of amides is 2. The Balaban J connectivity index is 2.05. The number of carboxylic acids is 1. The van der Waals surface area contributed by atoms with Crippen molar-refractivity contribution in [2.75, 3.05) is 46.1 Å².